The lowest BCUT2D eigenvalue weighted by atomic mass is 9.85. The molecule has 0 radical (unpaired) electrons. The van der Waals surface area contributed by atoms with E-state index >= 15 is 0 Å². The summed E-state index contributed by atoms with van der Waals surface area (Å²) in [7, 11) is 2.08. The van der Waals surface area contributed by atoms with Gasteiger partial charge in [0.1, 0.15) is 11.4 Å². The highest BCUT2D eigenvalue weighted by atomic mass is 19.1. The number of hydrogen-bond donors (Lipinski definition) is 1. The fourth-order valence-electron chi connectivity index (χ4n) is 3.70. The first-order chi connectivity index (χ1) is 11.6. The number of carbonyl (C=O) groups is 1. The average Bonchev–Trinajstić information content (AvgIpc) is 2.72. The second kappa shape index (κ2) is 7.45. The van der Waals surface area contributed by atoms with Crippen LogP contribution < -0.4 is 5.32 Å². The number of nitrogens with zero attached hydrogens (tertiary/aromatic N) is 2. The van der Waals surface area contributed by atoms with E-state index in [2.05, 4.69) is 28.2 Å². The molecule has 5 heteroatoms. The fourth-order valence-corrected chi connectivity index (χ4v) is 3.70. The third-order valence-corrected chi connectivity index (χ3v) is 5.34. The van der Waals surface area contributed by atoms with Crippen LogP contribution in [0.25, 0.3) is 6.08 Å². The van der Waals surface area contributed by atoms with E-state index in [4.69, 9.17) is 0 Å². The van der Waals surface area contributed by atoms with Crippen LogP contribution in [-0.2, 0) is 4.79 Å². The average molecular weight is 331 g/mol. The molecule has 1 aromatic carbocycles. The highest BCUT2D eigenvalue weighted by molar-refractivity contribution is 5.86. The first-order valence-corrected chi connectivity index (χ1v) is 8.74. The van der Waals surface area contributed by atoms with Crippen molar-refractivity contribution in [3.8, 4) is 0 Å². The van der Waals surface area contributed by atoms with Crippen LogP contribution in [-0.4, -0.2) is 61.0 Å². The second-order valence-corrected chi connectivity index (χ2v) is 6.82. The van der Waals surface area contributed by atoms with Gasteiger partial charge < -0.3 is 5.32 Å². The maximum absolute atomic E-state index is 12.9. The number of likely N-dealkylation sites (N-methyl/N-ethyl adjacent to an activating group) is 1. The van der Waals surface area contributed by atoms with Crippen molar-refractivity contribution in [1.82, 2.24) is 15.1 Å². The van der Waals surface area contributed by atoms with E-state index in [0.29, 0.717) is 0 Å². The van der Waals surface area contributed by atoms with Crippen molar-refractivity contribution in [2.24, 2.45) is 0 Å². The van der Waals surface area contributed by atoms with Crippen LogP contribution in [0.3, 0.4) is 0 Å². The van der Waals surface area contributed by atoms with Crippen LogP contribution in [0.1, 0.15) is 24.8 Å². The van der Waals surface area contributed by atoms with Gasteiger partial charge in [-0.1, -0.05) is 24.3 Å². The Labute approximate surface area is 143 Å². The lowest BCUT2D eigenvalue weighted by Crippen LogP contribution is -2.60. The molecule has 130 valence electrons. The molecule has 1 spiro atoms. The number of halogens is 1. The molecule has 1 aromatic rings. The molecule has 3 rings (SSSR count). The summed E-state index contributed by atoms with van der Waals surface area (Å²) < 4.78 is 12.9. The molecule has 2 aliphatic heterocycles. The van der Waals surface area contributed by atoms with Crippen molar-refractivity contribution in [3.63, 3.8) is 0 Å². The maximum atomic E-state index is 12.9. The third-order valence-electron chi connectivity index (χ3n) is 5.34. The highest BCUT2D eigenvalue weighted by Gasteiger charge is 2.45. The largest absolute Gasteiger partial charge is 0.354 e. The molecular formula is C19H26FN3O. The van der Waals surface area contributed by atoms with Gasteiger partial charge in [-0.15, -0.1) is 0 Å². The van der Waals surface area contributed by atoms with Gasteiger partial charge in [0.25, 0.3) is 0 Å². The van der Waals surface area contributed by atoms with Gasteiger partial charge >= 0.3 is 0 Å². The van der Waals surface area contributed by atoms with E-state index in [0.717, 1.165) is 57.5 Å². The summed E-state index contributed by atoms with van der Waals surface area (Å²) in [5.74, 6) is -0.0109. The van der Waals surface area contributed by atoms with Crippen LogP contribution in [0, 0.1) is 5.82 Å². The van der Waals surface area contributed by atoms with E-state index < -0.39 is 0 Å². The summed E-state index contributed by atoms with van der Waals surface area (Å²) in [6.45, 7) is 4.47. The second-order valence-electron chi connectivity index (χ2n) is 6.82. The Hall–Kier alpha value is -1.72. The van der Waals surface area contributed by atoms with Crippen LogP contribution in [0.15, 0.2) is 30.3 Å². The molecular weight excluding hydrogens is 305 g/mol. The van der Waals surface area contributed by atoms with Gasteiger partial charge in [0.15, 0.2) is 0 Å². The standard InChI is InChI=1S/C19H26FN3O/c1-22-12-3-11-21-18(24)19(22)9-14-23(15-10-19)13-2-4-16-5-7-17(20)8-6-16/h2,4-8H,3,9-15H2,1H3,(H,21,24). The van der Waals surface area contributed by atoms with E-state index in [1.807, 2.05) is 6.08 Å². The minimum atomic E-state index is -0.326. The molecule has 2 fully saturated rings. The van der Waals surface area contributed by atoms with Crippen LogP contribution in [0.4, 0.5) is 4.39 Å². The molecule has 1 amide bonds. The summed E-state index contributed by atoms with van der Waals surface area (Å²) in [5, 5.41) is 3.08. The van der Waals surface area contributed by atoms with Crippen LogP contribution in [0.5, 0.6) is 0 Å². The van der Waals surface area contributed by atoms with Crippen molar-refractivity contribution >= 4 is 12.0 Å². The Kier molecular flexibility index (Phi) is 5.31. The molecule has 1 N–H and O–H groups in total. The van der Waals surface area contributed by atoms with Gasteiger partial charge in [0.05, 0.1) is 0 Å². The number of hydrogen-bond acceptors (Lipinski definition) is 3. The normalized spacial score (nSPS) is 22.7. The fraction of sp³-hybridized carbons (Fsp3) is 0.526. The summed E-state index contributed by atoms with van der Waals surface area (Å²) in [5.41, 5.74) is 0.681. The third kappa shape index (κ3) is 3.68. The molecule has 0 unspecified atom stereocenters. The number of carbonyl (C=O) groups excluding carboxylic acids is 1. The first-order valence-electron chi connectivity index (χ1n) is 8.74. The topological polar surface area (TPSA) is 35.6 Å². The summed E-state index contributed by atoms with van der Waals surface area (Å²) in [6.07, 6.45) is 6.91. The molecule has 2 aliphatic rings. The Morgan fingerprint density at radius 2 is 1.92 bits per heavy atom. The molecule has 0 bridgehead atoms. The molecule has 2 heterocycles. The number of nitrogens with one attached hydrogen (secondary N) is 1. The van der Waals surface area contributed by atoms with Crippen molar-refractivity contribution in [3.05, 3.63) is 41.7 Å². The molecule has 0 aliphatic carbocycles. The van der Waals surface area contributed by atoms with Crippen molar-refractivity contribution in [2.45, 2.75) is 24.8 Å². The summed E-state index contributed by atoms with van der Waals surface area (Å²) >= 11 is 0. The zero-order valence-electron chi connectivity index (χ0n) is 14.3. The molecule has 2 saturated heterocycles. The zero-order chi connectivity index (χ0) is 17.0. The van der Waals surface area contributed by atoms with Gasteiger partial charge in [0, 0.05) is 32.7 Å². The molecule has 0 saturated carbocycles. The summed E-state index contributed by atoms with van der Waals surface area (Å²) in [6, 6.07) is 6.51. The molecule has 0 atom stereocenters. The smallest absolute Gasteiger partial charge is 0.240 e. The monoisotopic (exact) mass is 331 g/mol. The number of rotatable bonds is 3. The maximum Gasteiger partial charge on any atom is 0.240 e. The van der Waals surface area contributed by atoms with Gasteiger partial charge in [-0.05, 0) is 44.0 Å². The predicted molar refractivity (Wildman–Crippen MR) is 94.1 cm³/mol. The molecule has 0 aromatic heterocycles. The minimum absolute atomic E-state index is 0.198. The Morgan fingerprint density at radius 1 is 1.21 bits per heavy atom. The lowest BCUT2D eigenvalue weighted by molar-refractivity contribution is -0.134. The van der Waals surface area contributed by atoms with Gasteiger partial charge in [-0.2, -0.15) is 0 Å². The van der Waals surface area contributed by atoms with Gasteiger partial charge in [-0.25, -0.2) is 4.39 Å². The number of benzene rings is 1. The molecule has 24 heavy (non-hydrogen) atoms. The highest BCUT2D eigenvalue weighted by Crippen LogP contribution is 2.29. The predicted octanol–water partition coefficient (Wildman–Crippen LogP) is 2.13. The summed E-state index contributed by atoms with van der Waals surface area (Å²) in [4.78, 5) is 17.1. The Balaban J connectivity index is 1.54. The van der Waals surface area contributed by atoms with Crippen molar-refractivity contribution in [2.75, 3.05) is 39.8 Å². The zero-order valence-corrected chi connectivity index (χ0v) is 14.3. The number of piperidine rings is 1. The number of likely N-dealkylation sites (tertiary alicyclic amines) is 1. The first kappa shape index (κ1) is 17.1. The lowest BCUT2D eigenvalue weighted by Gasteiger charge is -2.44. The van der Waals surface area contributed by atoms with Crippen LogP contribution in [0.2, 0.25) is 0 Å². The van der Waals surface area contributed by atoms with Crippen LogP contribution >= 0.6 is 0 Å². The van der Waals surface area contributed by atoms with E-state index in [-0.39, 0.29) is 17.3 Å². The van der Waals surface area contributed by atoms with E-state index in [9.17, 15) is 9.18 Å². The Morgan fingerprint density at radius 3 is 2.62 bits per heavy atom. The molecule has 4 nitrogen and oxygen atoms in total. The van der Waals surface area contributed by atoms with Gasteiger partial charge in [0.2, 0.25) is 5.91 Å². The Bertz CT molecular complexity index is 591. The van der Waals surface area contributed by atoms with E-state index in [1.165, 1.54) is 12.1 Å². The number of amides is 1. The SMILES string of the molecule is CN1CCCNC(=O)C12CCN(CC=Cc1ccc(F)cc1)CC2. The van der Waals surface area contributed by atoms with Crippen molar-refractivity contribution in [1.29, 1.82) is 0 Å². The van der Waals surface area contributed by atoms with Crippen molar-refractivity contribution < 1.29 is 9.18 Å². The van der Waals surface area contributed by atoms with E-state index in [1.54, 1.807) is 12.1 Å². The van der Waals surface area contributed by atoms with Gasteiger partial charge in [-0.3, -0.25) is 14.6 Å². The minimum Gasteiger partial charge on any atom is -0.354 e. The quantitative estimate of drug-likeness (QED) is 0.922.